The van der Waals surface area contributed by atoms with Gasteiger partial charge in [0, 0.05) is 0 Å². The van der Waals surface area contributed by atoms with Crippen molar-refractivity contribution in [2.75, 3.05) is 7.11 Å². The Hall–Kier alpha value is -3.65. The second-order valence-corrected chi connectivity index (χ2v) is 16.0. The Balaban J connectivity index is 1.37. The van der Waals surface area contributed by atoms with Gasteiger partial charge in [0.05, 0.1) is 43.2 Å². The van der Waals surface area contributed by atoms with Crippen molar-refractivity contribution in [2.45, 2.75) is 124 Å². The van der Waals surface area contributed by atoms with Crippen LogP contribution >= 0.6 is 0 Å². The third-order valence-electron chi connectivity index (χ3n) is 9.81. The van der Waals surface area contributed by atoms with Crippen molar-refractivity contribution >= 4 is 25.1 Å². The number of methoxy groups -OCH3 is 1. The van der Waals surface area contributed by atoms with E-state index < -0.39 is 41.9 Å². The second kappa shape index (κ2) is 13.0. The van der Waals surface area contributed by atoms with E-state index >= 15 is 0 Å². The van der Waals surface area contributed by atoms with E-state index in [0.717, 1.165) is 12.8 Å². The summed E-state index contributed by atoms with van der Waals surface area (Å²) in [5.74, 6) is -0.257. The number of hydrogen-bond donors (Lipinski definition) is 2. The molecule has 2 bridgehead atoms. The molecule has 0 unspecified atom stereocenters. The van der Waals surface area contributed by atoms with Gasteiger partial charge in [-0.1, -0.05) is 31.2 Å². The van der Waals surface area contributed by atoms with Gasteiger partial charge in [0.2, 0.25) is 5.91 Å². The smallest absolute Gasteiger partial charge is 0.482 e. The molecule has 0 radical (unpaired) electrons. The molecule has 1 aromatic carbocycles. The number of benzene rings is 1. The summed E-state index contributed by atoms with van der Waals surface area (Å²) in [5.41, 5.74) is -0.203. The zero-order chi connectivity index (χ0) is 35.2. The van der Waals surface area contributed by atoms with Crippen molar-refractivity contribution in [3.8, 4) is 5.75 Å². The molecule has 2 aromatic rings. The molecule has 1 aromatic heterocycles. The van der Waals surface area contributed by atoms with Crippen LogP contribution in [0, 0.1) is 17.3 Å². The second-order valence-electron chi connectivity index (χ2n) is 16.0. The van der Waals surface area contributed by atoms with Crippen LogP contribution in [-0.4, -0.2) is 76.0 Å². The lowest BCUT2D eigenvalue weighted by atomic mass is 9.43. The number of para-hydroxylation sites is 1. The highest BCUT2D eigenvalue weighted by Gasteiger charge is 2.68. The van der Waals surface area contributed by atoms with Gasteiger partial charge in [0.1, 0.15) is 29.1 Å². The summed E-state index contributed by atoms with van der Waals surface area (Å²) in [7, 11) is 0.753. The summed E-state index contributed by atoms with van der Waals surface area (Å²) in [5, 5.41) is 13.8. The number of carbonyl (C=O) groups excluding carboxylic acids is 3. The molecule has 0 spiro atoms. The van der Waals surface area contributed by atoms with Crippen LogP contribution in [0.15, 0.2) is 24.4 Å². The third-order valence-corrected chi connectivity index (χ3v) is 9.81. The van der Waals surface area contributed by atoms with Crippen LogP contribution in [0.4, 0.5) is 4.79 Å². The molecule has 3 aliphatic carbocycles. The Labute approximate surface area is 283 Å². The molecule has 5 atom stereocenters. The molecule has 4 fully saturated rings. The molecular weight excluding hydrogens is 617 g/mol. The SMILES string of the molecule is COc1c(C[C@H](NC(=O)Cn2nncc2CNC(=O)OC(C)(C)C)B2O[C@@H]3C[C@@H]4C[C@@H](C4(C)C)[C@]3(C)O2)cccc1C(=O)OC(C)(C)C. The van der Waals surface area contributed by atoms with Gasteiger partial charge in [-0.25, -0.2) is 14.3 Å². The topological polar surface area (TPSA) is 152 Å². The molecule has 1 saturated heterocycles. The molecule has 4 aliphatic rings. The molecule has 2 amide bonds. The molecule has 48 heavy (non-hydrogen) atoms. The highest BCUT2D eigenvalue weighted by molar-refractivity contribution is 6.48. The van der Waals surface area contributed by atoms with Crippen molar-refractivity contribution in [1.29, 1.82) is 0 Å². The zero-order valence-corrected chi connectivity index (χ0v) is 29.8. The fourth-order valence-electron chi connectivity index (χ4n) is 7.42. The minimum Gasteiger partial charge on any atom is -0.496 e. The van der Waals surface area contributed by atoms with Gasteiger partial charge in [-0.3, -0.25) is 4.79 Å². The van der Waals surface area contributed by atoms with E-state index in [1.807, 2.05) is 6.07 Å². The van der Waals surface area contributed by atoms with Gasteiger partial charge in [0.25, 0.3) is 0 Å². The van der Waals surface area contributed by atoms with E-state index in [4.69, 9.17) is 23.5 Å². The summed E-state index contributed by atoms with van der Waals surface area (Å²) in [6, 6.07) is 5.28. The summed E-state index contributed by atoms with van der Waals surface area (Å²) < 4.78 is 31.5. The number of amides is 2. The Morgan fingerprint density at radius 1 is 1.08 bits per heavy atom. The lowest BCUT2D eigenvalue weighted by molar-refractivity contribution is -0.199. The fourth-order valence-corrected chi connectivity index (χ4v) is 7.42. The number of nitrogens with one attached hydrogen (secondary N) is 2. The van der Waals surface area contributed by atoms with Crippen molar-refractivity contribution in [3.05, 3.63) is 41.2 Å². The minimum absolute atomic E-state index is 0.0699. The van der Waals surface area contributed by atoms with Crippen molar-refractivity contribution in [3.63, 3.8) is 0 Å². The van der Waals surface area contributed by atoms with Crippen molar-refractivity contribution in [1.82, 2.24) is 25.6 Å². The number of nitrogens with zero attached hydrogens (tertiary/aromatic N) is 3. The zero-order valence-electron chi connectivity index (χ0n) is 29.8. The third kappa shape index (κ3) is 7.49. The van der Waals surface area contributed by atoms with Crippen molar-refractivity contribution in [2.24, 2.45) is 17.3 Å². The van der Waals surface area contributed by atoms with Gasteiger partial charge < -0.3 is 34.2 Å². The van der Waals surface area contributed by atoms with Crippen LogP contribution in [0.5, 0.6) is 5.75 Å². The number of carbonyl (C=O) groups is 3. The number of esters is 1. The fraction of sp³-hybridized carbons (Fsp3) is 0.676. The first-order valence-electron chi connectivity index (χ1n) is 16.7. The van der Waals surface area contributed by atoms with Crippen LogP contribution in [0.1, 0.15) is 96.8 Å². The maximum Gasteiger partial charge on any atom is 0.482 e. The van der Waals surface area contributed by atoms with Crippen LogP contribution in [0.3, 0.4) is 0 Å². The molecule has 1 aliphatic heterocycles. The average Bonchev–Trinajstić information content (AvgIpc) is 3.56. The Bertz CT molecular complexity index is 1530. The first kappa shape index (κ1) is 35.7. The number of hydrogen-bond acceptors (Lipinski definition) is 10. The van der Waals surface area contributed by atoms with Gasteiger partial charge >= 0.3 is 19.2 Å². The van der Waals surface area contributed by atoms with Crippen LogP contribution in [0.2, 0.25) is 0 Å². The van der Waals surface area contributed by atoms with E-state index in [-0.39, 0.29) is 42.5 Å². The predicted octanol–water partition coefficient (Wildman–Crippen LogP) is 4.26. The number of aromatic nitrogens is 3. The largest absolute Gasteiger partial charge is 0.496 e. The van der Waals surface area contributed by atoms with Gasteiger partial charge in [-0.2, -0.15) is 0 Å². The maximum absolute atomic E-state index is 13.7. The highest BCUT2D eigenvalue weighted by atomic mass is 16.7. The highest BCUT2D eigenvalue weighted by Crippen LogP contribution is 2.65. The number of alkyl carbamates (subject to hydrolysis) is 1. The van der Waals surface area contributed by atoms with E-state index in [9.17, 15) is 14.4 Å². The quantitative estimate of drug-likeness (QED) is 0.278. The molecule has 14 heteroatoms. The predicted molar refractivity (Wildman–Crippen MR) is 177 cm³/mol. The summed E-state index contributed by atoms with van der Waals surface area (Å²) in [4.78, 5) is 39.0. The molecular formula is C34H50BN5O8. The van der Waals surface area contributed by atoms with E-state index in [1.54, 1.807) is 53.7 Å². The van der Waals surface area contributed by atoms with Gasteiger partial charge in [-0.15, -0.1) is 5.10 Å². The molecule has 2 heterocycles. The number of rotatable bonds is 10. The van der Waals surface area contributed by atoms with E-state index in [2.05, 4.69) is 41.7 Å². The number of ether oxygens (including phenoxy) is 3. The lowest BCUT2D eigenvalue weighted by Crippen LogP contribution is -2.65. The summed E-state index contributed by atoms with van der Waals surface area (Å²) >= 11 is 0. The van der Waals surface area contributed by atoms with Crippen molar-refractivity contribution < 1.29 is 37.9 Å². The molecule has 262 valence electrons. The summed E-state index contributed by atoms with van der Waals surface area (Å²) in [6.07, 6.45) is 3.02. The van der Waals surface area contributed by atoms with E-state index in [1.165, 1.54) is 18.0 Å². The minimum atomic E-state index is -0.752. The monoisotopic (exact) mass is 667 g/mol. The maximum atomic E-state index is 13.7. The average molecular weight is 668 g/mol. The normalized spacial score (nSPS) is 25.0. The Kier molecular flexibility index (Phi) is 9.66. The van der Waals surface area contributed by atoms with Gasteiger partial charge in [0.15, 0.2) is 0 Å². The first-order valence-corrected chi connectivity index (χ1v) is 16.7. The standard InChI is InChI=1S/C34H50BN5O8/c1-31(2,3)45-29(42)23-13-11-12-20(28(23)44-10)14-26(35-47-25-16-21-15-24(33(21,7)8)34(25,9)48-35)38-27(41)19-40-22(18-37-39-40)17-36-30(43)46-32(4,5)6/h11-13,18,21,24-26H,14-17,19H2,1-10H3,(H,36,43)(H,38,41)/t21-,24-,25+,26-,34-/m0/s1. The van der Waals surface area contributed by atoms with Crippen LogP contribution < -0.4 is 15.4 Å². The first-order chi connectivity index (χ1) is 22.3. The summed E-state index contributed by atoms with van der Waals surface area (Å²) in [6.45, 7) is 17.4. The molecule has 3 saturated carbocycles. The van der Waals surface area contributed by atoms with E-state index in [0.29, 0.717) is 28.8 Å². The van der Waals surface area contributed by atoms with Gasteiger partial charge in [-0.05, 0) is 96.6 Å². The molecule has 6 rings (SSSR count). The van der Waals surface area contributed by atoms with Crippen LogP contribution in [0.25, 0.3) is 0 Å². The lowest BCUT2D eigenvalue weighted by Gasteiger charge is -2.64. The Morgan fingerprint density at radius 2 is 1.79 bits per heavy atom. The molecule has 2 N–H and O–H groups in total. The molecule has 13 nitrogen and oxygen atoms in total. The van der Waals surface area contributed by atoms with Crippen LogP contribution in [-0.2, 0) is 43.1 Å². The Morgan fingerprint density at radius 3 is 2.44 bits per heavy atom.